The van der Waals surface area contributed by atoms with E-state index in [1.165, 1.54) is 22.0 Å². The second-order valence-corrected chi connectivity index (χ2v) is 13.2. The van der Waals surface area contributed by atoms with E-state index in [1.54, 1.807) is 0 Å². The monoisotopic (exact) mass is 668 g/mol. The van der Waals surface area contributed by atoms with E-state index in [1.807, 2.05) is 42.5 Å². The number of nitriles is 2. The number of nitrogens with zero attached hydrogens (tertiary/aromatic N) is 4. The Labute approximate surface area is 304 Å². The summed E-state index contributed by atoms with van der Waals surface area (Å²) in [7, 11) is 0. The maximum absolute atomic E-state index is 10.2. The Morgan fingerprint density at radius 3 is 2.21 bits per heavy atom. The number of rotatable bonds is 7. The number of fused-ring (bicyclic) bond motifs is 4. The van der Waals surface area contributed by atoms with Gasteiger partial charge in [0.2, 0.25) is 0 Å². The molecule has 0 saturated carbocycles. The molecule has 0 aliphatic carbocycles. The van der Waals surface area contributed by atoms with Crippen molar-refractivity contribution in [2.45, 2.75) is 27.2 Å². The van der Waals surface area contributed by atoms with Crippen LogP contribution in [0.4, 0.5) is 0 Å². The zero-order chi connectivity index (χ0) is 35.9. The van der Waals surface area contributed by atoms with Crippen molar-refractivity contribution >= 4 is 38.8 Å². The molecule has 52 heavy (non-hydrogen) atoms. The van der Waals surface area contributed by atoms with Crippen LogP contribution in [0.2, 0.25) is 0 Å². The molecule has 0 saturated heterocycles. The number of aryl methyl sites for hydroxylation is 3. The summed E-state index contributed by atoms with van der Waals surface area (Å²) >= 11 is 0. The van der Waals surface area contributed by atoms with Crippen molar-refractivity contribution in [3.05, 3.63) is 174 Å². The minimum atomic E-state index is 0.578. The van der Waals surface area contributed by atoms with Gasteiger partial charge in [-0.3, -0.25) is 0 Å². The lowest BCUT2D eigenvalue weighted by atomic mass is 9.97. The van der Waals surface area contributed by atoms with Gasteiger partial charge in [0.1, 0.15) is 6.07 Å². The molecule has 0 aliphatic rings. The molecule has 2 heterocycles. The number of para-hydroxylation sites is 2. The smallest absolute Gasteiger partial charge is 0.101 e. The van der Waals surface area contributed by atoms with E-state index in [4.69, 9.17) is 0 Å². The van der Waals surface area contributed by atoms with Crippen LogP contribution in [0.3, 0.4) is 0 Å². The molecule has 0 spiro atoms. The van der Waals surface area contributed by atoms with Crippen LogP contribution < -0.4 is 0 Å². The van der Waals surface area contributed by atoms with E-state index in [-0.39, 0.29) is 0 Å². The Morgan fingerprint density at radius 1 is 0.673 bits per heavy atom. The molecule has 4 heteroatoms. The highest BCUT2D eigenvalue weighted by Crippen LogP contribution is 2.39. The van der Waals surface area contributed by atoms with E-state index in [9.17, 15) is 10.5 Å². The van der Waals surface area contributed by atoms with Gasteiger partial charge in [-0.25, -0.2) is 0 Å². The largest absolute Gasteiger partial charge is 0.309 e. The fraction of sp³-hybridized carbons (Fsp3) is 0.0833. The molecule has 4 nitrogen and oxygen atoms in total. The third-order valence-electron chi connectivity index (χ3n) is 10.2. The fourth-order valence-electron chi connectivity index (χ4n) is 7.72. The SMILES string of the molecule is C=C/C=C\c1c(C)c2cccc(CC)c2n1-c1cccc(-c2ccc(-c3cc(C#N)ccc3-n3c4ccc(C)cc4c4cccc(C#N)c43)cc2)c1. The lowest BCUT2D eigenvalue weighted by Gasteiger charge is -2.16. The van der Waals surface area contributed by atoms with Crippen molar-refractivity contribution < 1.29 is 0 Å². The van der Waals surface area contributed by atoms with Gasteiger partial charge in [-0.05, 0) is 103 Å². The summed E-state index contributed by atoms with van der Waals surface area (Å²) in [4.78, 5) is 0. The molecule has 0 amide bonds. The van der Waals surface area contributed by atoms with Gasteiger partial charge in [0, 0.05) is 33.1 Å². The van der Waals surface area contributed by atoms with Gasteiger partial charge in [0.05, 0.1) is 39.4 Å². The molecule has 0 fully saturated rings. The highest BCUT2D eigenvalue weighted by Gasteiger charge is 2.20. The number of benzene rings is 6. The summed E-state index contributed by atoms with van der Waals surface area (Å²) in [5.41, 5.74) is 15.3. The zero-order valence-electron chi connectivity index (χ0n) is 29.5. The molecule has 8 aromatic rings. The third kappa shape index (κ3) is 5.21. The van der Waals surface area contributed by atoms with E-state index < -0.39 is 0 Å². The Bertz CT molecular complexity index is 2830. The number of hydrogen-bond acceptors (Lipinski definition) is 2. The first kappa shape index (κ1) is 32.3. The van der Waals surface area contributed by atoms with Gasteiger partial charge >= 0.3 is 0 Å². The highest BCUT2D eigenvalue weighted by atomic mass is 15.0. The predicted molar refractivity (Wildman–Crippen MR) is 216 cm³/mol. The summed E-state index contributed by atoms with van der Waals surface area (Å²) in [5, 5.41) is 23.5. The van der Waals surface area contributed by atoms with Gasteiger partial charge in [0.15, 0.2) is 0 Å². The summed E-state index contributed by atoms with van der Waals surface area (Å²) in [5.74, 6) is 0. The average Bonchev–Trinajstić information content (AvgIpc) is 3.67. The topological polar surface area (TPSA) is 57.4 Å². The first-order chi connectivity index (χ1) is 25.4. The molecule has 8 rings (SSSR count). The molecule has 0 atom stereocenters. The Balaban J connectivity index is 1.27. The second kappa shape index (κ2) is 13.1. The molecule has 0 aliphatic heterocycles. The van der Waals surface area contributed by atoms with Gasteiger partial charge in [-0.15, -0.1) is 0 Å². The molecule has 248 valence electrons. The van der Waals surface area contributed by atoms with Crippen LogP contribution in [0.5, 0.6) is 0 Å². The maximum atomic E-state index is 10.2. The minimum absolute atomic E-state index is 0.578. The van der Waals surface area contributed by atoms with Crippen molar-refractivity contribution in [3.63, 3.8) is 0 Å². The molecule has 2 aromatic heterocycles. The summed E-state index contributed by atoms with van der Waals surface area (Å²) in [6.45, 7) is 10.4. The van der Waals surface area contributed by atoms with Gasteiger partial charge in [0.25, 0.3) is 0 Å². The van der Waals surface area contributed by atoms with Crippen molar-refractivity contribution in [2.75, 3.05) is 0 Å². The van der Waals surface area contributed by atoms with Gasteiger partial charge in [-0.2, -0.15) is 10.5 Å². The zero-order valence-corrected chi connectivity index (χ0v) is 29.5. The lowest BCUT2D eigenvalue weighted by molar-refractivity contribution is 1.06. The summed E-state index contributed by atoms with van der Waals surface area (Å²) in [6, 6.07) is 46.8. The van der Waals surface area contributed by atoms with E-state index >= 15 is 0 Å². The van der Waals surface area contributed by atoms with E-state index in [2.05, 4.69) is 146 Å². The summed E-state index contributed by atoms with van der Waals surface area (Å²) < 4.78 is 4.56. The predicted octanol–water partition coefficient (Wildman–Crippen LogP) is 12.2. The fourth-order valence-corrected chi connectivity index (χ4v) is 7.72. The molecule has 0 radical (unpaired) electrons. The van der Waals surface area contributed by atoms with Crippen LogP contribution in [0.15, 0.2) is 140 Å². The van der Waals surface area contributed by atoms with Crippen LogP contribution in [-0.4, -0.2) is 9.13 Å². The Morgan fingerprint density at radius 2 is 1.44 bits per heavy atom. The van der Waals surface area contributed by atoms with E-state index in [0.717, 1.165) is 73.1 Å². The van der Waals surface area contributed by atoms with Crippen LogP contribution in [0.1, 0.15) is 40.4 Å². The van der Waals surface area contributed by atoms with Crippen molar-refractivity contribution in [1.82, 2.24) is 9.13 Å². The van der Waals surface area contributed by atoms with Crippen LogP contribution in [0, 0.1) is 36.5 Å². The van der Waals surface area contributed by atoms with Crippen LogP contribution >= 0.6 is 0 Å². The van der Waals surface area contributed by atoms with Gasteiger partial charge < -0.3 is 9.13 Å². The minimum Gasteiger partial charge on any atom is -0.309 e. The number of hydrogen-bond donors (Lipinski definition) is 0. The molecule has 0 unspecified atom stereocenters. The quantitative estimate of drug-likeness (QED) is 0.159. The van der Waals surface area contributed by atoms with Gasteiger partial charge in [-0.1, -0.05) is 104 Å². The van der Waals surface area contributed by atoms with Crippen molar-refractivity contribution in [3.8, 4) is 45.8 Å². The van der Waals surface area contributed by atoms with Crippen molar-refractivity contribution in [2.24, 2.45) is 0 Å². The van der Waals surface area contributed by atoms with Crippen LogP contribution in [0.25, 0.3) is 72.4 Å². The Hall–Kier alpha value is -6.88. The maximum Gasteiger partial charge on any atom is 0.101 e. The first-order valence-electron chi connectivity index (χ1n) is 17.6. The molecule has 0 N–H and O–H groups in total. The Kier molecular flexibility index (Phi) is 8.15. The normalized spacial score (nSPS) is 11.4. The van der Waals surface area contributed by atoms with Crippen LogP contribution in [-0.2, 0) is 6.42 Å². The molecular weight excluding hydrogens is 633 g/mol. The lowest BCUT2D eigenvalue weighted by Crippen LogP contribution is -2.00. The van der Waals surface area contributed by atoms with Crippen molar-refractivity contribution in [1.29, 1.82) is 10.5 Å². The summed E-state index contributed by atoms with van der Waals surface area (Å²) in [6.07, 6.45) is 6.91. The number of allylic oxidation sites excluding steroid dienone is 2. The molecular formula is C48H36N4. The first-order valence-corrected chi connectivity index (χ1v) is 17.6. The standard InChI is InChI=1S/C48H36N4/c1-5-7-17-44-32(4)40-15-9-11-34(6-2)47(40)51(44)39-14-8-12-37(28-39)35-20-22-36(23-21-35)42-27-33(29-49)19-25-45(42)52-46-24-18-31(3)26-43(46)41-16-10-13-38(30-50)48(41)52/h5,7-28H,1,6H2,2-4H3/b17-7-. The second-order valence-electron chi connectivity index (χ2n) is 13.2. The number of aromatic nitrogens is 2. The third-order valence-corrected chi connectivity index (χ3v) is 10.2. The molecule has 0 bridgehead atoms. The molecule has 6 aromatic carbocycles. The average molecular weight is 669 g/mol. The highest BCUT2D eigenvalue weighted by molar-refractivity contribution is 6.11. The van der Waals surface area contributed by atoms with E-state index in [0.29, 0.717) is 11.1 Å².